The van der Waals surface area contributed by atoms with Crippen LogP contribution >= 0.6 is 0 Å². The Morgan fingerprint density at radius 2 is 1.93 bits per heavy atom. The molecule has 2 heterocycles. The van der Waals surface area contributed by atoms with E-state index in [0.29, 0.717) is 22.7 Å². The number of aliphatic imine (C=N–C) groups is 1. The predicted octanol–water partition coefficient (Wildman–Crippen LogP) is 2.34. The van der Waals surface area contributed by atoms with Gasteiger partial charge in [-0.15, -0.1) is 0 Å². The number of oxazole rings is 1. The van der Waals surface area contributed by atoms with Crippen LogP contribution in [0, 0.1) is 0 Å². The number of hydrogen-bond acceptors (Lipinski definition) is 5. The lowest BCUT2D eigenvalue weighted by molar-refractivity contribution is -0.0494. The third-order valence-corrected chi connectivity index (χ3v) is 6.07. The van der Waals surface area contributed by atoms with Gasteiger partial charge in [0.05, 0.1) is 6.20 Å². The van der Waals surface area contributed by atoms with Crippen LogP contribution in [0.5, 0.6) is 0 Å². The summed E-state index contributed by atoms with van der Waals surface area (Å²) in [5.41, 5.74) is -5.44. The largest absolute Gasteiger partial charge is 0.511 e. The van der Waals surface area contributed by atoms with E-state index in [1.165, 1.54) is 0 Å². The van der Waals surface area contributed by atoms with E-state index in [0.717, 1.165) is 5.76 Å². The van der Waals surface area contributed by atoms with Gasteiger partial charge in [-0.2, -0.15) is 17.5 Å². The summed E-state index contributed by atoms with van der Waals surface area (Å²) in [5.74, 6) is 1.68. The molecule has 1 fully saturated rings. The number of aromatic nitrogens is 1. The van der Waals surface area contributed by atoms with Crippen molar-refractivity contribution in [1.82, 2.24) is 19.9 Å². The molecule has 8 nitrogen and oxygen atoms in total. The zero-order valence-electron chi connectivity index (χ0n) is 17.0. The van der Waals surface area contributed by atoms with E-state index < -0.39 is 15.5 Å². The molecule has 0 atom stereocenters. The summed E-state index contributed by atoms with van der Waals surface area (Å²) in [6.45, 7) is 8.31. The third-order valence-electron chi connectivity index (χ3n) is 4.44. The van der Waals surface area contributed by atoms with E-state index >= 15 is 0 Å². The quantitative estimate of drug-likeness (QED) is 0.540. The van der Waals surface area contributed by atoms with E-state index in [2.05, 4.69) is 20.6 Å². The van der Waals surface area contributed by atoms with Crippen LogP contribution in [0.4, 0.5) is 13.2 Å². The zero-order chi connectivity index (χ0) is 21.9. The topological polar surface area (TPSA) is 99.8 Å². The van der Waals surface area contributed by atoms with Gasteiger partial charge in [-0.1, -0.05) is 20.8 Å². The third kappa shape index (κ3) is 6.08. The van der Waals surface area contributed by atoms with Gasteiger partial charge in [0.2, 0.25) is 5.89 Å². The lowest BCUT2D eigenvalue weighted by atomic mass is 9.94. The molecule has 1 aromatic heterocycles. The highest BCUT2D eigenvalue weighted by Crippen LogP contribution is 2.29. The van der Waals surface area contributed by atoms with E-state index in [4.69, 9.17) is 4.42 Å². The molecule has 0 aliphatic carbocycles. The molecule has 29 heavy (non-hydrogen) atoms. The van der Waals surface area contributed by atoms with Crippen molar-refractivity contribution in [3.63, 3.8) is 0 Å². The van der Waals surface area contributed by atoms with E-state index in [-0.39, 0.29) is 43.9 Å². The predicted molar refractivity (Wildman–Crippen MR) is 103 cm³/mol. The molecule has 1 aliphatic heterocycles. The fraction of sp³-hybridized carbons (Fsp3) is 0.765. The normalized spacial score (nSPS) is 18.1. The van der Waals surface area contributed by atoms with Crippen LogP contribution in [0.25, 0.3) is 0 Å². The van der Waals surface area contributed by atoms with Crippen molar-refractivity contribution < 1.29 is 26.0 Å². The molecule has 0 unspecified atom stereocenters. The Morgan fingerprint density at radius 1 is 1.31 bits per heavy atom. The zero-order valence-corrected chi connectivity index (χ0v) is 17.8. The van der Waals surface area contributed by atoms with E-state index in [9.17, 15) is 21.6 Å². The number of rotatable bonds is 5. The summed E-state index contributed by atoms with van der Waals surface area (Å²) in [6.07, 6.45) is 2.15. The van der Waals surface area contributed by atoms with Gasteiger partial charge in [-0.05, 0) is 19.8 Å². The molecule has 12 heteroatoms. The Bertz CT molecular complexity index is 807. The lowest BCUT2D eigenvalue weighted by Gasteiger charge is -2.32. The average molecular weight is 440 g/mol. The number of sulfonamides is 1. The van der Waals surface area contributed by atoms with Crippen LogP contribution in [0.15, 0.2) is 15.6 Å². The first-order valence-corrected chi connectivity index (χ1v) is 10.8. The van der Waals surface area contributed by atoms with Gasteiger partial charge < -0.3 is 15.1 Å². The molecule has 0 spiro atoms. The average Bonchev–Trinajstić information content (AvgIpc) is 3.09. The van der Waals surface area contributed by atoms with Crippen molar-refractivity contribution >= 4 is 16.0 Å². The second-order valence-corrected chi connectivity index (χ2v) is 9.76. The molecule has 0 amide bonds. The van der Waals surface area contributed by atoms with Gasteiger partial charge in [0, 0.05) is 31.1 Å². The summed E-state index contributed by atoms with van der Waals surface area (Å²) in [7, 11) is -5.28. The van der Waals surface area contributed by atoms with Gasteiger partial charge in [0.15, 0.2) is 5.96 Å². The maximum Gasteiger partial charge on any atom is 0.511 e. The minimum atomic E-state index is -5.28. The summed E-state index contributed by atoms with van der Waals surface area (Å²) < 4.78 is 67.2. The maximum absolute atomic E-state index is 12.7. The van der Waals surface area contributed by atoms with Crippen molar-refractivity contribution in [2.75, 3.05) is 19.6 Å². The molecule has 0 bridgehead atoms. The smallest absolute Gasteiger partial charge is 0.443 e. The van der Waals surface area contributed by atoms with Crippen LogP contribution in [-0.2, 0) is 22.0 Å². The number of hydrogen-bond donors (Lipinski definition) is 2. The van der Waals surface area contributed by atoms with Gasteiger partial charge in [0.1, 0.15) is 12.3 Å². The SMILES string of the molecule is CCNC(=NCc1ncc(C(C)(C)C)o1)NC1CCN(S(=O)(=O)C(F)(F)F)CC1. The summed E-state index contributed by atoms with van der Waals surface area (Å²) >= 11 is 0. The van der Waals surface area contributed by atoms with E-state index in [1.807, 2.05) is 27.7 Å². The highest BCUT2D eigenvalue weighted by molar-refractivity contribution is 7.90. The molecule has 0 aromatic carbocycles. The molecule has 1 aliphatic rings. The molecular weight excluding hydrogens is 411 g/mol. The Kier molecular flexibility index (Phi) is 7.20. The van der Waals surface area contributed by atoms with Crippen LogP contribution < -0.4 is 10.6 Å². The van der Waals surface area contributed by atoms with Crippen LogP contribution in [-0.4, -0.2) is 54.9 Å². The monoisotopic (exact) mass is 439 g/mol. The van der Waals surface area contributed by atoms with Crippen LogP contribution in [0.1, 0.15) is 52.2 Å². The maximum atomic E-state index is 12.7. The highest BCUT2D eigenvalue weighted by Gasteiger charge is 2.50. The molecule has 1 aromatic rings. The number of halogens is 3. The number of piperidine rings is 1. The van der Waals surface area contributed by atoms with Crippen molar-refractivity contribution in [1.29, 1.82) is 0 Å². The molecular formula is C17H28F3N5O3S. The number of alkyl halides is 3. The van der Waals surface area contributed by atoms with Crippen molar-refractivity contribution in [2.24, 2.45) is 4.99 Å². The lowest BCUT2D eigenvalue weighted by Crippen LogP contribution is -2.51. The molecule has 2 rings (SSSR count). The van der Waals surface area contributed by atoms with Gasteiger partial charge in [-0.25, -0.2) is 18.4 Å². The van der Waals surface area contributed by atoms with Crippen molar-refractivity contribution in [2.45, 2.75) is 64.0 Å². The minimum Gasteiger partial charge on any atom is -0.443 e. The van der Waals surface area contributed by atoms with Gasteiger partial charge in [-0.3, -0.25) is 0 Å². The summed E-state index contributed by atoms with van der Waals surface area (Å²) in [4.78, 5) is 8.62. The summed E-state index contributed by atoms with van der Waals surface area (Å²) in [6, 6.07) is -0.192. The van der Waals surface area contributed by atoms with Gasteiger partial charge in [0.25, 0.3) is 0 Å². The fourth-order valence-electron chi connectivity index (χ4n) is 2.78. The van der Waals surface area contributed by atoms with Crippen LogP contribution in [0.3, 0.4) is 0 Å². The second kappa shape index (κ2) is 8.90. The Hall–Kier alpha value is -1.82. The van der Waals surface area contributed by atoms with Crippen molar-refractivity contribution in [3.8, 4) is 0 Å². The van der Waals surface area contributed by atoms with Gasteiger partial charge >= 0.3 is 15.5 Å². The molecule has 1 saturated heterocycles. The molecule has 2 N–H and O–H groups in total. The highest BCUT2D eigenvalue weighted by atomic mass is 32.2. The fourth-order valence-corrected chi connectivity index (χ4v) is 3.76. The Labute approximate surface area is 169 Å². The van der Waals surface area contributed by atoms with Crippen molar-refractivity contribution in [3.05, 3.63) is 17.8 Å². The van der Waals surface area contributed by atoms with E-state index in [1.54, 1.807) is 6.20 Å². The molecule has 0 saturated carbocycles. The minimum absolute atomic E-state index is 0.164. The Balaban J connectivity index is 1.96. The molecule has 166 valence electrons. The first-order chi connectivity index (χ1) is 13.3. The Morgan fingerprint density at radius 3 is 2.41 bits per heavy atom. The van der Waals surface area contributed by atoms with Crippen LogP contribution in [0.2, 0.25) is 0 Å². The number of nitrogens with zero attached hydrogens (tertiary/aromatic N) is 3. The first-order valence-electron chi connectivity index (χ1n) is 9.41. The first kappa shape index (κ1) is 23.5. The number of nitrogens with one attached hydrogen (secondary N) is 2. The number of guanidine groups is 1. The standard InChI is InChI=1S/C17H28F3N5O3S/c1-5-21-15(23-11-14-22-10-13(28-14)16(2,3)4)24-12-6-8-25(9-7-12)29(26,27)17(18,19)20/h10,12H,5-9,11H2,1-4H3,(H2,21,23,24). The summed E-state index contributed by atoms with van der Waals surface area (Å²) in [5, 5.41) is 6.20. The molecule has 0 radical (unpaired) electrons. The second-order valence-electron chi connectivity index (χ2n) is 7.83.